The molecule has 0 aliphatic carbocycles. The van der Waals surface area contributed by atoms with Gasteiger partial charge in [-0.05, 0) is 37.8 Å². The molecule has 1 fully saturated rings. The Hall–Kier alpha value is -0.800. The molecule has 2 aromatic rings. The zero-order chi connectivity index (χ0) is 18.2. The zero-order valence-corrected chi connectivity index (χ0v) is 20.0. The number of aliphatic imine (C=N–C) groups is 1. The summed E-state index contributed by atoms with van der Waals surface area (Å²) in [6, 6.07) is 10.7. The molecule has 0 radical (unpaired) electrons. The summed E-state index contributed by atoms with van der Waals surface area (Å²) in [5.41, 5.74) is 1.13. The minimum atomic E-state index is 0. The lowest BCUT2D eigenvalue weighted by atomic mass is 10.2. The first kappa shape index (κ1) is 22.5. The molecule has 7 heteroatoms. The molecule has 0 bridgehead atoms. The number of nitrogens with one attached hydrogen (secondary N) is 1. The Morgan fingerprint density at radius 2 is 2.19 bits per heavy atom. The molecule has 27 heavy (non-hydrogen) atoms. The largest absolute Gasteiger partial charge is 0.356 e. The first-order valence-corrected chi connectivity index (χ1v) is 11.2. The van der Waals surface area contributed by atoms with E-state index >= 15 is 0 Å². The Kier molecular flexibility index (Phi) is 9.92. The summed E-state index contributed by atoms with van der Waals surface area (Å²) in [5, 5.41) is 6.89. The van der Waals surface area contributed by atoms with E-state index < -0.39 is 0 Å². The molecule has 1 aromatic carbocycles. The Morgan fingerprint density at radius 1 is 1.37 bits per heavy atom. The summed E-state index contributed by atoms with van der Waals surface area (Å²) in [5.74, 6) is 2.96. The van der Waals surface area contributed by atoms with Gasteiger partial charge in [0.15, 0.2) is 5.96 Å². The van der Waals surface area contributed by atoms with Gasteiger partial charge in [0, 0.05) is 54.8 Å². The number of guanidine groups is 1. The average molecular weight is 517 g/mol. The van der Waals surface area contributed by atoms with Crippen LogP contribution in [0, 0.1) is 12.8 Å². The van der Waals surface area contributed by atoms with Crippen molar-refractivity contribution in [2.45, 2.75) is 31.1 Å². The smallest absolute Gasteiger partial charge is 0.193 e. The Bertz CT molecular complexity index is 705. The van der Waals surface area contributed by atoms with Gasteiger partial charge in [0.25, 0.3) is 0 Å². The molecule has 1 atom stereocenters. The number of aryl methyl sites for hydroxylation is 2. The van der Waals surface area contributed by atoms with Gasteiger partial charge in [0.05, 0.1) is 5.01 Å². The van der Waals surface area contributed by atoms with Crippen LogP contribution in [0.15, 0.2) is 45.6 Å². The number of benzene rings is 1. The SMILES string of the molecule is CN=C(NCCCc1nc(C)cs1)N1CCC(CSc2ccccc2)C1.I. The Balaban J connectivity index is 0.00000261. The Morgan fingerprint density at radius 3 is 2.89 bits per heavy atom. The number of rotatable bonds is 7. The molecule has 4 nitrogen and oxygen atoms in total. The van der Waals surface area contributed by atoms with Gasteiger partial charge in [-0.2, -0.15) is 0 Å². The van der Waals surface area contributed by atoms with E-state index in [0.29, 0.717) is 0 Å². The van der Waals surface area contributed by atoms with Crippen LogP contribution in [0.5, 0.6) is 0 Å². The predicted octanol–water partition coefficient (Wildman–Crippen LogP) is 4.69. The Labute approximate surface area is 188 Å². The maximum Gasteiger partial charge on any atom is 0.193 e. The number of halogens is 1. The lowest BCUT2D eigenvalue weighted by Gasteiger charge is -2.21. The van der Waals surface area contributed by atoms with E-state index in [9.17, 15) is 0 Å². The van der Waals surface area contributed by atoms with Crippen LogP contribution in [0.2, 0.25) is 0 Å². The van der Waals surface area contributed by atoms with Crippen LogP contribution in [0.4, 0.5) is 0 Å². The van der Waals surface area contributed by atoms with E-state index in [1.165, 1.54) is 22.1 Å². The molecule has 1 saturated heterocycles. The highest BCUT2D eigenvalue weighted by molar-refractivity contribution is 14.0. The van der Waals surface area contributed by atoms with E-state index in [1.54, 1.807) is 11.3 Å². The van der Waals surface area contributed by atoms with E-state index in [2.05, 4.69) is 62.8 Å². The molecule has 1 aliphatic heterocycles. The highest BCUT2D eigenvalue weighted by Crippen LogP contribution is 2.25. The molecule has 3 rings (SSSR count). The lowest BCUT2D eigenvalue weighted by molar-refractivity contribution is 0.473. The monoisotopic (exact) mass is 516 g/mol. The fourth-order valence-corrected chi connectivity index (χ4v) is 5.05. The second kappa shape index (κ2) is 11.9. The topological polar surface area (TPSA) is 40.5 Å². The third-order valence-electron chi connectivity index (χ3n) is 4.54. The number of thioether (sulfide) groups is 1. The number of hydrogen-bond acceptors (Lipinski definition) is 4. The molecule has 1 unspecified atom stereocenters. The maximum absolute atomic E-state index is 4.53. The van der Waals surface area contributed by atoms with Gasteiger partial charge in [-0.15, -0.1) is 47.1 Å². The number of likely N-dealkylation sites (tertiary alicyclic amines) is 1. The minimum absolute atomic E-state index is 0. The van der Waals surface area contributed by atoms with Crippen LogP contribution in [0.25, 0.3) is 0 Å². The molecule has 0 amide bonds. The predicted molar refractivity (Wildman–Crippen MR) is 129 cm³/mol. The van der Waals surface area contributed by atoms with Crippen molar-refractivity contribution < 1.29 is 0 Å². The first-order valence-electron chi connectivity index (χ1n) is 9.29. The van der Waals surface area contributed by atoms with Crippen molar-refractivity contribution in [2.75, 3.05) is 32.4 Å². The van der Waals surface area contributed by atoms with Gasteiger partial charge < -0.3 is 10.2 Å². The molecule has 1 aromatic heterocycles. The van der Waals surface area contributed by atoms with Gasteiger partial charge in [-0.25, -0.2) is 4.98 Å². The molecule has 2 heterocycles. The summed E-state index contributed by atoms with van der Waals surface area (Å²) >= 11 is 3.73. The number of hydrogen-bond donors (Lipinski definition) is 1. The highest BCUT2D eigenvalue weighted by atomic mass is 127. The number of thiazole rings is 1. The molecular weight excluding hydrogens is 487 g/mol. The summed E-state index contributed by atoms with van der Waals surface area (Å²) in [6.45, 7) is 5.21. The maximum atomic E-state index is 4.53. The number of nitrogens with zero attached hydrogens (tertiary/aromatic N) is 3. The van der Waals surface area contributed by atoms with Crippen molar-refractivity contribution in [2.24, 2.45) is 10.9 Å². The van der Waals surface area contributed by atoms with E-state index in [0.717, 1.165) is 50.0 Å². The van der Waals surface area contributed by atoms with Crippen molar-refractivity contribution >= 4 is 53.0 Å². The van der Waals surface area contributed by atoms with Crippen molar-refractivity contribution in [3.8, 4) is 0 Å². The summed E-state index contributed by atoms with van der Waals surface area (Å²) in [6.07, 6.45) is 3.38. The van der Waals surface area contributed by atoms with Crippen molar-refractivity contribution in [3.63, 3.8) is 0 Å². The van der Waals surface area contributed by atoms with E-state index in [1.807, 2.05) is 18.8 Å². The molecule has 1 N–H and O–H groups in total. The van der Waals surface area contributed by atoms with Gasteiger partial charge in [0.1, 0.15) is 0 Å². The third-order valence-corrected chi connectivity index (χ3v) is 6.81. The van der Waals surface area contributed by atoms with Crippen LogP contribution in [-0.4, -0.2) is 48.3 Å². The fourth-order valence-electron chi connectivity index (χ4n) is 3.18. The van der Waals surface area contributed by atoms with Crippen LogP contribution in [-0.2, 0) is 6.42 Å². The van der Waals surface area contributed by atoms with Crippen LogP contribution < -0.4 is 5.32 Å². The normalized spacial score (nSPS) is 17.0. The van der Waals surface area contributed by atoms with Crippen LogP contribution in [0.1, 0.15) is 23.5 Å². The standard InChI is InChI=1S/C20H28N4S2.HI/c1-16-14-26-19(23-16)9-6-11-22-20(21-2)24-12-10-17(13-24)15-25-18-7-4-3-5-8-18;/h3-5,7-8,14,17H,6,9-13,15H2,1-2H3,(H,21,22);1H. The van der Waals surface area contributed by atoms with Crippen molar-refractivity contribution in [1.82, 2.24) is 15.2 Å². The molecule has 148 valence electrons. The fraction of sp³-hybridized carbons (Fsp3) is 0.500. The lowest BCUT2D eigenvalue weighted by Crippen LogP contribution is -2.40. The second-order valence-corrected chi connectivity index (χ2v) is 8.72. The van der Waals surface area contributed by atoms with Gasteiger partial charge >= 0.3 is 0 Å². The molecule has 1 aliphatic rings. The zero-order valence-electron chi connectivity index (χ0n) is 16.1. The highest BCUT2D eigenvalue weighted by Gasteiger charge is 2.24. The summed E-state index contributed by atoms with van der Waals surface area (Å²) in [4.78, 5) is 12.8. The quantitative estimate of drug-likeness (QED) is 0.191. The second-order valence-electron chi connectivity index (χ2n) is 6.68. The van der Waals surface area contributed by atoms with Crippen molar-refractivity contribution in [3.05, 3.63) is 46.4 Å². The summed E-state index contributed by atoms with van der Waals surface area (Å²) < 4.78 is 0. The van der Waals surface area contributed by atoms with Gasteiger partial charge in [0.2, 0.25) is 0 Å². The average Bonchev–Trinajstić information content (AvgIpc) is 3.30. The minimum Gasteiger partial charge on any atom is -0.356 e. The van der Waals surface area contributed by atoms with Gasteiger partial charge in [-0.3, -0.25) is 4.99 Å². The van der Waals surface area contributed by atoms with E-state index in [-0.39, 0.29) is 24.0 Å². The van der Waals surface area contributed by atoms with Crippen LogP contribution in [0.3, 0.4) is 0 Å². The third kappa shape index (κ3) is 7.27. The van der Waals surface area contributed by atoms with Crippen molar-refractivity contribution in [1.29, 1.82) is 0 Å². The molecule has 0 saturated carbocycles. The van der Waals surface area contributed by atoms with Gasteiger partial charge in [-0.1, -0.05) is 18.2 Å². The first-order chi connectivity index (χ1) is 12.7. The van der Waals surface area contributed by atoms with Crippen LogP contribution >= 0.6 is 47.1 Å². The molecular formula is C20H29IN4S2. The molecule has 0 spiro atoms. The van der Waals surface area contributed by atoms with E-state index in [4.69, 9.17) is 0 Å². The summed E-state index contributed by atoms with van der Waals surface area (Å²) in [7, 11) is 1.89. The number of aromatic nitrogens is 1.